The van der Waals surface area contributed by atoms with Gasteiger partial charge in [-0.25, -0.2) is 17.2 Å². The van der Waals surface area contributed by atoms with Crippen molar-refractivity contribution in [1.29, 1.82) is 0 Å². The second-order valence-corrected chi connectivity index (χ2v) is 9.12. The molecule has 0 aliphatic carbocycles. The summed E-state index contributed by atoms with van der Waals surface area (Å²) in [7, 11) is -3.88. The minimum absolute atomic E-state index is 0.00767. The predicted molar refractivity (Wildman–Crippen MR) is 103 cm³/mol. The first kappa shape index (κ1) is 20.7. The number of amides is 1. The zero-order chi connectivity index (χ0) is 20.5. The van der Waals surface area contributed by atoms with E-state index in [-0.39, 0.29) is 27.1 Å². The third-order valence-electron chi connectivity index (χ3n) is 4.63. The summed E-state index contributed by atoms with van der Waals surface area (Å²) in [6.07, 6.45) is 1.69. The van der Waals surface area contributed by atoms with Crippen LogP contribution in [-0.4, -0.2) is 31.7 Å². The van der Waals surface area contributed by atoms with Crippen LogP contribution >= 0.6 is 11.6 Å². The van der Waals surface area contributed by atoms with Crippen LogP contribution in [0.25, 0.3) is 0 Å². The highest BCUT2D eigenvalue weighted by atomic mass is 35.5. The first-order valence-electron chi connectivity index (χ1n) is 8.75. The van der Waals surface area contributed by atoms with Crippen molar-refractivity contribution in [1.82, 2.24) is 4.31 Å². The van der Waals surface area contributed by atoms with Crippen molar-refractivity contribution in [2.75, 3.05) is 18.4 Å². The molecule has 2 aromatic rings. The summed E-state index contributed by atoms with van der Waals surface area (Å²) in [4.78, 5) is 12.3. The Hall–Kier alpha value is -2.03. The number of rotatable bonds is 4. The highest BCUT2D eigenvalue weighted by molar-refractivity contribution is 7.89. The Morgan fingerprint density at radius 3 is 2.71 bits per heavy atom. The number of hydrogen-bond donors (Lipinski definition) is 1. The lowest BCUT2D eigenvalue weighted by Crippen LogP contribution is -2.39. The summed E-state index contributed by atoms with van der Waals surface area (Å²) < 4.78 is 54.4. The molecule has 1 aliphatic heterocycles. The van der Waals surface area contributed by atoms with Crippen molar-refractivity contribution in [3.05, 3.63) is 58.6 Å². The fourth-order valence-electron chi connectivity index (χ4n) is 3.14. The Morgan fingerprint density at radius 1 is 1.25 bits per heavy atom. The lowest BCUT2D eigenvalue weighted by molar-refractivity contribution is 0.102. The summed E-state index contributed by atoms with van der Waals surface area (Å²) in [6, 6.07) is 7.18. The molecule has 28 heavy (non-hydrogen) atoms. The summed E-state index contributed by atoms with van der Waals surface area (Å²) in [5, 5.41) is 2.24. The molecule has 150 valence electrons. The number of carbonyl (C=O) groups is 1. The lowest BCUT2D eigenvalue weighted by Gasteiger charge is -2.30. The van der Waals surface area contributed by atoms with E-state index in [4.69, 9.17) is 11.6 Å². The molecular weight excluding hydrogens is 410 g/mol. The zero-order valence-electron chi connectivity index (χ0n) is 15.1. The molecule has 0 spiro atoms. The smallest absolute Gasteiger partial charge is 0.255 e. The van der Waals surface area contributed by atoms with Crippen LogP contribution in [0.3, 0.4) is 0 Å². The predicted octanol–water partition coefficient (Wildman–Crippen LogP) is 4.29. The fourth-order valence-corrected chi connectivity index (χ4v) is 5.24. The normalized spacial score (nSPS) is 18.1. The molecule has 1 saturated heterocycles. The molecule has 1 amide bonds. The Balaban J connectivity index is 1.90. The Labute approximate surface area is 167 Å². The number of hydrogen-bond acceptors (Lipinski definition) is 3. The minimum atomic E-state index is -3.88. The molecular formula is C19H19ClF2N2O3S. The number of nitrogens with one attached hydrogen (secondary N) is 1. The van der Waals surface area contributed by atoms with Crippen molar-refractivity contribution < 1.29 is 22.0 Å². The highest BCUT2D eigenvalue weighted by Crippen LogP contribution is 2.29. The Bertz CT molecular complexity index is 1010. The van der Waals surface area contributed by atoms with Gasteiger partial charge in [0.05, 0.1) is 10.7 Å². The first-order valence-corrected chi connectivity index (χ1v) is 10.6. The van der Waals surface area contributed by atoms with Gasteiger partial charge in [-0.15, -0.1) is 0 Å². The highest BCUT2D eigenvalue weighted by Gasteiger charge is 2.31. The zero-order valence-corrected chi connectivity index (χ0v) is 16.7. The third-order valence-corrected chi connectivity index (χ3v) is 6.98. The number of halogens is 3. The van der Waals surface area contributed by atoms with Gasteiger partial charge in [0.25, 0.3) is 5.91 Å². The van der Waals surface area contributed by atoms with Crippen LogP contribution in [-0.2, 0) is 10.0 Å². The van der Waals surface area contributed by atoms with E-state index in [9.17, 15) is 22.0 Å². The van der Waals surface area contributed by atoms with E-state index in [1.165, 1.54) is 28.6 Å². The average molecular weight is 429 g/mol. The number of nitrogens with zero attached hydrogens (tertiary/aromatic N) is 1. The van der Waals surface area contributed by atoms with Crippen LogP contribution in [0.15, 0.2) is 41.3 Å². The van der Waals surface area contributed by atoms with Crippen LogP contribution in [0.1, 0.15) is 30.1 Å². The third kappa shape index (κ3) is 4.19. The average Bonchev–Trinajstić information content (AvgIpc) is 2.65. The van der Waals surface area contributed by atoms with Crippen LogP contribution < -0.4 is 5.32 Å². The maximum Gasteiger partial charge on any atom is 0.255 e. The van der Waals surface area contributed by atoms with Gasteiger partial charge in [-0.1, -0.05) is 24.6 Å². The SMILES string of the molecule is CC1CCCN(S(=O)(=O)c2cc(C(=O)Nc3cccc(F)c3F)ccc2Cl)C1. The molecule has 1 N–H and O–H groups in total. The van der Waals surface area contributed by atoms with Crippen LogP contribution in [0.5, 0.6) is 0 Å². The number of carbonyl (C=O) groups excluding carboxylic acids is 1. The second-order valence-electron chi connectivity index (χ2n) is 6.81. The quantitative estimate of drug-likeness (QED) is 0.789. The van der Waals surface area contributed by atoms with Crippen molar-refractivity contribution in [3.8, 4) is 0 Å². The van der Waals surface area contributed by atoms with Crippen LogP contribution in [0.2, 0.25) is 5.02 Å². The standard InChI is InChI=1S/C19H19ClF2N2O3S/c1-12-4-3-9-24(11-12)28(26,27)17-10-13(7-8-14(17)20)19(25)23-16-6-2-5-15(21)18(16)22/h2,5-8,10,12H,3-4,9,11H2,1H3,(H,23,25). The maximum absolute atomic E-state index is 13.8. The van der Waals surface area contributed by atoms with E-state index in [0.29, 0.717) is 13.1 Å². The molecule has 0 bridgehead atoms. The minimum Gasteiger partial charge on any atom is -0.319 e. The van der Waals surface area contributed by atoms with E-state index in [0.717, 1.165) is 25.0 Å². The van der Waals surface area contributed by atoms with E-state index >= 15 is 0 Å². The topological polar surface area (TPSA) is 66.5 Å². The summed E-state index contributed by atoms with van der Waals surface area (Å²) in [6.45, 7) is 2.73. The number of benzene rings is 2. The molecule has 2 aromatic carbocycles. The molecule has 5 nitrogen and oxygen atoms in total. The summed E-state index contributed by atoms with van der Waals surface area (Å²) in [5.41, 5.74) is -0.370. The van der Waals surface area contributed by atoms with E-state index < -0.39 is 27.6 Å². The molecule has 1 aliphatic rings. The second kappa shape index (κ2) is 8.14. The molecule has 1 fully saturated rings. The lowest BCUT2D eigenvalue weighted by atomic mass is 10.0. The molecule has 0 saturated carbocycles. The van der Waals surface area contributed by atoms with Gasteiger partial charge in [-0.2, -0.15) is 4.31 Å². The molecule has 3 rings (SSSR count). The summed E-state index contributed by atoms with van der Waals surface area (Å²) in [5.74, 6) is -2.84. The Kier molecular flexibility index (Phi) is 6.02. The van der Waals surface area contributed by atoms with Crippen molar-refractivity contribution in [2.24, 2.45) is 5.92 Å². The number of anilines is 1. The van der Waals surface area contributed by atoms with Gasteiger partial charge < -0.3 is 5.32 Å². The van der Waals surface area contributed by atoms with E-state index in [1.54, 1.807) is 0 Å². The molecule has 1 unspecified atom stereocenters. The number of sulfonamides is 1. The van der Waals surface area contributed by atoms with Gasteiger partial charge >= 0.3 is 0 Å². The van der Waals surface area contributed by atoms with E-state index in [2.05, 4.69) is 5.32 Å². The van der Waals surface area contributed by atoms with E-state index in [1.807, 2.05) is 6.92 Å². The van der Waals surface area contributed by atoms with Crippen LogP contribution in [0.4, 0.5) is 14.5 Å². The van der Waals surface area contributed by atoms with Gasteiger partial charge in [0.15, 0.2) is 11.6 Å². The molecule has 0 aromatic heterocycles. The number of piperidine rings is 1. The molecule has 1 atom stereocenters. The van der Waals surface area contributed by atoms with Gasteiger partial charge in [-0.05, 0) is 49.1 Å². The van der Waals surface area contributed by atoms with Crippen molar-refractivity contribution in [3.63, 3.8) is 0 Å². The molecule has 9 heteroatoms. The van der Waals surface area contributed by atoms with Gasteiger partial charge in [-0.3, -0.25) is 4.79 Å². The fraction of sp³-hybridized carbons (Fsp3) is 0.316. The van der Waals surface area contributed by atoms with Crippen molar-refractivity contribution in [2.45, 2.75) is 24.7 Å². The largest absolute Gasteiger partial charge is 0.319 e. The van der Waals surface area contributed by atoms with Crippen molar-refractivity contribution >= 4 is 33.2 Å². The Morgan fingerprint density at radius 2 is 2.00 bits per heavy atom. The monoisotopic (exact) mass is 428 g/mol. The molecule has 0 radical (unpaired) electrons. The summed E-state index contributed by atoms with van der Waals surface area (Å²) >= 11 is 6.10. The van der Waals surface area contributed by atoms with Crippen LogP contribution in [0, 0.1) is 17.6 Å². The molecule has 1 heterocycles. The maximum atomic E-state index is 13.8. The van der Waals surface area contributed by atoms with Gasteiger partial charge in [0.2, 0.25) is 10.0 Å². The van der Waals surface area contributed by atoms with Gasteiger partial charge in [0, 0.05) is 18.7 Å². The first-order chi connectivity index (χ1) is 13.2. The van der Waals surface area contributed by atoms with Gasteiger partial charge in [0.1, 0.15) is 4.90 Å².